The molecule has 3 amide bonds. The van der Waals surface area contributed by atoms with E-state index < -0.39 is 6.04 Å². The van der Waals surface area contributed by atoms with Crippen LogP contribution in [0.25, 0.3) is 0 Å². The van der Waals surface area contributed by atoms with E-state index in [2.05, 4.69) is 11.4 Å². The SMILES string of the molecule is CNC(=O)c1cccc([C@H](C)N2C(=O)[C@H]3C[C@@H]2CN3C[C@H](N)C(=O)N2[C@H](C#N)CC3C[C@@H]32)c1. The van der Waals surface area contributed by atoms with Crippen molar-refractivity contribution in [1.29, 1.82) is 5.26 Å². The zero-order valence-corrected chi connectivity index (χ0v) is 19.0. The highest BCUT2D eigenvalue weighted by molar-refractivity contribution is 5.94. The number of fused-ring (bicyclic) bond motifs is 3. The van der Waals surface area contributed by atoms with Crippen LogP contribution in [0.15, 0.2) is 24.3 Å². The van der Waals surface area contributed by atoms with E-state index in [9.17, 15) is 19.6 Å². The van der Waals surface area contributed by atoms with Gasteiger partial charge >= 0.3 is 0 Å². The highest BCUT2D eigenvalue weighted by Gasteiger charge is 2.56. The van der Waals surface area contributed by atoms with Gasteiger partial charge in [0.2, 0.25) is 11.8 Å². The van der Waals surface area contributed by atoms with E-state index in [-0.39, 0.29) is 47.9 Å². The molecule has 0 spiro atoms. The van der Waals surface area contributed by atoms with Crippen LogP contribution in [0, 0.1) is 17.2 Å². The predicted octanol–water partition coefficient (Wildman–Crippen LogP) is 0.233. The van der Waals surface area contributed by atoms with Crippen LogP contribution in [-0.4, -0.2) is 82.8 Å². The third-order valence-corrected chi connectivity index (χ3v) is 7.85. The first kappa shape index (κ1) is 21.9. The van der Waals surface area contributed by atoms with Crippen molar-refractivity contribution in [3.63, 3.8) is 0 Å². The highest BCUT2D eigenvalue weighted by atomic mass is 16.2. The summed E-state index contributed by atoms with van der Waals surface area (Å²) < 4.78 is 0. The van der Waals surface area contributed by atoms with Crippen molar-refractivity contribution >= 4 is 17.7 Å². The van der Waals surface area contributed by atoms with Crippen molar-refractivity contribution < 1.29 is 14.4 Å². The van der Waals surface area contributed by atoms with Crippen molar-refractivity contribution in [2.75, 3.05) is 20.1 Å². The molecule has 3 saturated heterocycles. The third kappa shape index (κ3) is 3.58. The molecule has 0 radical (unpaired) electrons. The van der Waals surface area contributed by atoms with Gasteiger partial charge in [-0.15, -0.1) is 0 Å². The van der Waals surface area contributed by atoms with E-state index >= 15 is 0 Å². The first-order valence-electron chi connectivity index (χ1n) is 11.7. The summed E-state index contributed by atoms with van der Waals surface area (Å²) in [5.41, 5.74) is 7.78. The predicted molar refractivity (Wildman–Crippen MR) is 120 cm³/mol. The minimum absolute atomic E-state index is 0.0436. The fraction of sp³-hybridized carbons (Fsp3) is 0.583. The van der Waals surface area contributed by atoms with Gasteiger partial charge in [0.1, 0.15) is 6.04 Å². The first-order chi connectivity index (χ1) is 15.8. The Kier molecular flexibility index (Phi) is 5.38. The Bertz CT molecular complexity index is 1040. The number of piperazine rings is 1. The van der Waals surface area contributed by atoms with Crippen molar-refractivity contribution in [2.45, 2.75) is 62.4 Å². The first-order valence-corrected chi connectivity index (χ1v) is 11.7. The van der Waals surface area contributed by atoms with Gasteiger partial charge in [0, 0.05) is 37.8 Å². The van der Waals surface area contributed by atoms with E-state index in [0.29, 0.717) is 31.0 Å². The number of likely N-dealkylation sites (tertiary alicyclic amines) is 3. The highest BCUT2D eigenvalue weighted by Crippen LogP contribution is 2.48. The number of nitriles is 1. The zero-order valence-electron chi connectivity index (χ0n) is 19.0. The normalized spacial score (nSPS) is 31.8. The lowest BCUT2D eigenvalue weighted by Gasteiger charge is -2.38. The Morgan fingerprint density at radius 1 is 1.30 bits per heavy atom. The van der Waals surface area contributed by atoms with Gasteiger partial charge in [-0.3, -0.25) is 19.3 Å². The summed E-state index contributed by atoms with van der Waals surface area (Å²) in [6.45, 7) is 2.99. The molecule has 3 heterocycles. The summed E-state index contributed by atoms with van der Waals surface area (Å²) in [4.78, 5) is 43.9. The summed E-state index contributed by atoms with van der Waals surface area (Å²) in [7, 11) is 1.60. The molecule has 1 saturated carbocycles. The van der Waals surface area contributed by atoms with Crippen molar-refractivity contribution in [3.05, 3.63) is 35.4 Å². The van der Waals surface area contributed by atoms with Crippen molar-refractivity contribution in [1.82, 2.24) is 20.0 Å². The molecule has 1 aliphatic carbocycles. The largest absolute Gasteiger partial charge is 0.355 e. The minimum Gasteiger partial charge on any atom is -0.355 e. The van der Waals surface area contributed by atoms with Gasteiger partial charge in [0.15, 0.2) is 0 Å². The van der Waals surface area contributed by atoms with Gasteiger partial charge < -0.3 is 20.9 Å². The van der Waals surface area contributed by atoms with Gasteiger partial charge in [-0.2, -0.15) is 5.26 Å². The van der Waals surface area contributed by atoms with E-state index in [0.717, 1.165) is 18.4 Å². The number of piperidine rings is 1. The number of carbonyl (C=O) groups is 3. The number of rotatable bonds is 6. The number of nitrogens with zero attached hydrogens (tertiary/aromatic N) is 4. The molecule has 3 N–H and O–H groups in total. The second kappa shape index (κ2) is 8.12. The average molecular weight is 451 g/mol. The Hall–Kier alpha value is -2.96. The summed E-state index contributed by atoms with van der Waals surface area (Å²) in [5.74, 6) is 0.171. The van der Waals surface area contributed by atoms with E-state index in [4.69, 9.17) is 5.73 Å². The number of carbonyl (C=O) groups excluding carboxylic acids is 3. The molecule has 4 fully saturated rings. The second-order valence-electron chi connectivity index (χ2n) is 9.78. The number of amides is 3. The monoisotopic (exact) mass is 450 g/mol. The van der Waals surface area contributed by atoms with Crippen LogP contribution in [0.3, 0.4) is 0 Å². The Morgan fingerprint density at radius 2 is 2.09 bits per heavy atom. The third-order valence-electron chi connectivity index (χ3n) is 7.85. The Balaban J connectivity index is 1.24. The van der Waals surface area contributed by atoms with Crippen LogP contribution in [-0.2, 0) is 9.59 Å². The number of hydrogen-bond acceptors (Lipinski definition) is 6. The summed E-state index contributed by atoms with van der Waals surface area (Å²) >= 11 is 0. The molecule has 9 nitrogen and oxygen atoms in total. The van der Waals surface area contributed by atoms with Crippen LogP contribution < -0.4 is 11.1 Å². The van der Waals surface area contributed by atoms with E-state index in [1.807, 2.05) is 34.9 Å². The number of nitrogens with two attached hydrogens (primary N) is 1. The Labute approximate surface area is 193 Å². The Morgan fingerprint density at radius 3 is 2.79 bits per heavy atom. The van der Waals surface area contributed by atoms with Crippen molar-refractivity contribution in [3.8, 4) is 6.07 Å². The molecule has 2 bridgehead atoms. The molecule has 174 valence electrons. The molecule has 4 aliphatic rings. The average Bonchev–Trinajstić information content (AvgIpc) is 3.15. The summed E-state index contributed by atoms with van der Waals surface area (Å²) in [6.07, 6.45) is 2.44. The smallest absolute Gasteiger partial charge is 0.251 e. The van der Waals surface area contributed by atoms with E-state index in [1.54, 1.807) is 18.0 Å². The molecular formula is C24H30N6O3. The lowest BCUT2D eigenvalue weighted by atomic mass is 10.0. The fourth-order valence-corrected chi connectivity index (χ4v) is 6.05. The quantitative estimate of drug-likeness (QED) is 0.640. The van der Waals surface area contributed by atoms with Crippen LogP contribution in [0.4, 0.5) is 0 Å². The van der Waals surface area contributed by atoms with Crippen molar-refractivity contribution in [2.24, 2.45) is 11.7 Å². The maximum Gasteiger partial charge on any atom is 0.251 e. The molecule has 7 atom stereocenters. The molecule has 9 heteroatoms. The number of benzene rings is 1. The zero-order chi connectivity index (χ0) is 23.4. The molecule has 33 heavy (non-hydrogen) atoms. The maximum atomic E-state index is 13.3. The number of hydrogen-bond donors (Lipinski definition) is 2. The van der Waals surface area contributed by atoms with Gasteiger partial charge in [0.25, 0.3) is 5.91 Å². The van der Waals surface area contributed by atoms with Crippen LogP contribution in [0.2, 0.25) is 0 Å². The molecule has 3 aliphatic heterocycles. The lowest BCUT2D eigenvalue weighted by Crippen LogP contribution is -2.57. The van der Waals surface area contributed by atoms with Gasteiger partial charge in [0.05, 0.1) is 24.2 Å². The second-order valence-corrected chi connectivity index (χ2v) is 9.78. The standard InChI is InChI=1S/C24H30N6O3/c1-13(14-4-3-5-15(6-14)22(31)27-2)29-18-9-21(24(29)33)28(11-18)12-19(26)23(32)30-17(10-25)7-16-8-20(16)30/h3-6,13,16-21H,7-9,11-12,26H2,1-2H3,(H,27,31)/t13-,16?,17-,18+,19-,20-,21+/m0/s1. The molecule has 1 unspecified atom stereocenters. The van der Waals surface area contributed by atoms with Crippen LogP contribution in [0.5, 0.6) is 0 Å². The minimum atomic E-state index is -0.734. The van der Waals surface area contributed by atoms with Gasteiger partial charge in [-0.1, -0.05) is 12.1 Å². The molecule has 5 rings (SSSR count). The topological polar surface area (TPSA) is 123 Å². The molecule has 1 aromatic carbocycles. The van der Waals surface area contributed by atoms with Gasteiger partial charge in [-0.05, 0) is 49.8 Å². The molecule has 1 aromatic rings. The lowest BCUT2D eigenvalue weighted by molar-refractivity contribution is -0.141. The fourth-order valence-electron chi connectivity index (χ4n) is 6.05. The van der Waals surface area contributed by atoms with Gasteiger partial charge in [-0.25, -0.2) is 0 Å². The summed E-state index contributed by atoms with van der Waals surface area (Å²) in [6, 6.07) is 8.30. The maximum absolute atomic E-state index is 13.3. The molecular weight excluding hydrogens is 420 g/mol. The van der Waals surface area contributed by atoms with E-state index in [1.165, 1.54) is 0 Å². The molecule has 0 aromatic heterocycles. The van der Waals surface area contributed by atoms with Crippen LogP contribution >= 0.6 is 0 Å². The van der Waals surface area contributed by atoms with Crippen LogP contribution in [0.1, 0.15) is 48.1 Å². The summed E-state index contributed by atoms with van der Waals surface area (Å²) in [5, 5.41) is 12.0. The number of nitrogens with one attached hydrogen (secondary N) is 1.